The maximum absolute atomic E-state index is 15.5. The zero-order chi connectivity index (χ0) is 64.4. The van der Waals surface area contributed by atoms with Gasteiger partial charge in [-0.05, 0) is 113 Å². The Balaban J connectivity index is 0.855. The molecule has 9 fully saturated rings. The number of rotatable bonds is 14. The number of esters is 1. The first-order chi connectivity index (χ1) is 41.2. The molecule has 10 rings (SSSR count). The van der Waals surface area contributed by atoms with Gasteiger partial charge in [0.25, 0.3) is 0 Å². The van der Waals surface area contributed by atoms with Gasteiger partial charge in [-0.3, -0.25) is 9.59 Å². The second kappa shape index (κ2) is 25.1. The molecule has 29 nitrogen and oxygen atoms in total. The minimum atomic E-state index is -2.00. The van der Waals surface area contributed by atoms with Gasteiger partial charge in [0.05, 0.1) is 55.6 Å². The largest absolute Gasteiger partial charge is 0.481 e. The highest BCUT2D eigenvalue weighted by molar-refractivity contribution is 5.79. The molecule has 0 unspecified atom stereocenters. The summed E-state index contributed by atoms with van der Waals surface area (Å²) in [6, 6.07) is 0. The van der Waals surface area contributed by atoms with E-state index in [-0.39, 0.29) is 37.2 Å². The van der Waals surface area contributed by atoms with Crippen LogP contribution in [0.15, 0.2) is 11.6 Å². The molecule has 0 bridgehead atoms. The molecule has 29 heteroatoms. The summed E-state index contributed by atoms with van der Waals surface area (Å²) >= 11 is 0. The van der Waals surface area contributed by atoms with Crippen LogP contribution in [0.2, 0.25) is 0 Å². The Morgan fingerprint density at radius 2 is 1.10 bits per heavy atom. The van der Waals surface area contributed by atoms with Crippen LogP contribution in [-0.2, 0) is 57.0 Å². The molecular weight excluding hydrogens is 1170 g/mol. The molecule has 4 saturated carbocycles. The number of hydrogen-bond donors (Lipinski definition) is 17. The van der Waals surface area contributed by atoms with Crippen molar-refractivity contribution < 1.29 is 144 Å². The molecule has 34 atom stereocenters. The highest BCUT2D eigenvalue weighted by Gasteiger charge is 2.74. The number of carbonyl (C=O) groups is 2. The highest BCUT2D eigenvalue weighted by atomic mass is 16.8. The van der Waals surface area contributed by atoms with Crippen molar-refractivity contribution in [3.8, 4) is 0 Å². The lowest BCUT2D eigenvalue weighted by Crippen LogP contribution is -2.71. The van der Waals surface area contributed by atoms with Crippen LogP contribution in [0, 0.1) is 50.2 Å². The fraction of sp³-hybridized carbons (Fsp3) is 0.932. The molecule has 0 aromatic rings. The van der Waals surface area contributed by atoms with Crippen molar-refractivity contribution in [2.75, 3.05) is 26.4 Å². The minimum absolute atomic E-state index is 0.0295. The molecule has 88 heavy (non-hydrogen) atoms. The lowest BCUT2D eigenvalue weighted by molar-refractivity contribution is -0.378. The van der Waals surface area contributed by atoms with Crippen molar-refractivity contribution in [1.29, 1.82) is 0 Å². The predicted molar refractivity (Wildman–Crippen MR) is 291 cm³/mol. The van der Waals surface area contributed by atoms with Gasteiger partial charge >= 0.3 is 11.9 Å². The zero-order valence-corrected chi connectivity index (χ0v) is 50.5. The van der Waals surface area contributed by atoms with Crippen molar-refractivity contribution in [2.45, 2.75) is 266 Å². The van der Waals surface area contributed by atoms with E-state index in [1.165, 1.54) is 20.8 Å². The van der Waals surface area contributed by atoms with E-state index in [4.69, 9.17) is 47.4 Å². The Morgan fingerprint density at radius 1 is 0.557 bits per heavy atom. The number of carboxylic acid groups (broad SMARTS) is 1. The summed E-state index contributed by atoms with van der Waals surface area (Å²) in [5, 5.41) is 186. The van der Waals surface area contributed by atoms with Gasteiger partial charge in [0.2, 0.25) is 6.29 Å². The molecular formula is C59H94O29. The Kier molecular flexibility index (Phi) is 19.6. The van der Waals surface area contributed by atoms with Gasteiger partial charge < -0.3 is 134 Å². The third-order valence-corrected chi connectivity index (χ3v) is 23.1. The molecule has 5 aliphatic heterocycles. The van der Waals surface area contributed by atoms with Crippen LogP contribution in [0.1, 0.15) is 106 Å². The van der Waals surface area contributed by atoms with Crippen molar-refractivity contribution in [3.63, 3.8) is 0 Å². The third kappa shape index (κ3) is 11.0. The monoisotopic (exact) mass is 1270 g/mol. The van der Waals surface area contributed by atoms with E-state index in [1.54, 1.807) is 0 Å². The Hall–Kier alpha value is -2.32. The summed E-state index contributed by atoms with van der Waals surface area (Å²) in [5.74, 6) is -3.54. The number of allylic oxidation sites excluding steroid dienone is 1. The first-order valence-corrected chi connectivity index (χ1v) is 30.9. The van der Waals surface area contributed by atoms with Gasteiger partial charge in [0.1, 0.15) is 104 Å². The van der Waals surface area contributed by atoms with Crippen molar-refractivity contribution >= 4 is 11.9 Å². The van der Waals surface area contributed by atoms with Crippen LogP contribution in [0.25, 0.3) is 0 Å². The molecule has 0 radical (unpaired) electrons. The molecule has 5 aliphatic carbocycles. The van der Waals surface area contributed by atoms with Crippen LogP contribution in [0.5, 0.6) is 0 Å². The van der Waals surface area contributed by atoms with Crippen LogP contribution >= 0.6 is 0 Å². The summed E-state index contributed by atoms with van der Waals surface area (Å²) in [5.41, 5.74) is -5.19. The summed E-state index contributed by atoms with van der Waals surface area (Å²) in [7, 11) is 0. The zero-order valence-electron chi connectivity index (χ0n) is 50.5. The van der Waals surface area contributed by atoms with Gasteiger partial charge in [0.15, 0.2) is 31.3 Å². The van der Waals surface area contributed by atoms with Gasteiger partial charge in [-0.25, -0.2) is 0 Å². The second-order valence-corrected chi connectivity index (χ2v) is 28.4. The quantitative estimate of drug-likeness (QED) is 0.0443. The van der Waals surface area contributed by atoms with Crippen LogP contribution in [0.3, 0.4) is 0 Å². The first-order valence-electron chi connectivity index (χ1n) is 30.9. The van der Waals surface area contributed by atoms with Gasteiger partial charge in [-0.1, -0.05) is 39.3 Å². The molecule has 5 saturated heterocycles. The Bertz CT molecular complexity index is 2510. The second-order valence-electron chi connectivity index (χ2n) is 28.4. The van der Waals surface area contributed by atoms with E-state index in [1.807, 2.05) is 6.92 Å². The average molecular weight is 1270 g/mol. The summed E-state index contributed by atoms with van der Waals surface area (Å²) in [6.45, 7) is 10.2. The van der Waals surface area contributed by atoms with Crippen molar-refractivity contribution in [1.82, 2.24) is 0 Å². The molecule has 0 amide bonds. The average Bonchev–Trinajstić information content (AvgIpc) is 0.673. The Morgan fingerprint density at radius 3 is 1.70 bits per heavy atom. The topological polar surface area (TPSA) is 470 Å². The number of hydrogen-bond acceptors (Lipinski definition) is 28. The number of aliphatic carboxylic acids is 1. The summed E-state index contributed by atoms with van der Waals surface area (Å²) < 4.78 is 58.9. The van der Waals surface area contributed by atoms with E-state index in [0.29, 0.717) is 38.5 Å². The van der Waals surface area contributed by atoms with Crippen LogP contribution in [-0.4, -0.2) is 285 Å². The molecule has 0 aromatic carbocycles. The highest BCUT2D eigenvalue weighted by Crippen LogP contribution is 2.76. The molecule has 10 aliphatic rings. The van der Waals surface area contributed by atoms with Gasteiger partial charge in [0, 0.05) is 5.41 Å². The van der Waals surface area contributed by atoms with E-state index in [0.717, 1.165) is 5.57 Å². The van der Waals surface area contributed by atoms with Crippen LogP contribution in [0.4, 0.5) is 0 Å². The molecule has 504 valence electrons. The van der Waals surface area contributed by atoms with E-state index in [9.17, 15) is 91.6 Å². The van der Waals surface area contributed by atoms with Crippen molar-refractivity contribution in [3.05, 3.63) is 11.6 Å². The normalized spacial score (nSPS) is 54.6. The smallest absolute Gasteiger partial charge is 0.315 e. The first kappa shape index (κ1) is 68.5. The number of ether oxygens (including phenoxy) is 10. The molecule has 5 heterocycles. The number of carboxylic acids is 1. The predicted octanol–water partition coefficient (Wildman–Crippen LogP) is -4.51. The maximum atomic E-state index is 15.5. The lowest BCUT2D eigenvalue weighted by Gasteiger charge is -2.71. The number of fused-ring (bicyclic) bond motifs is 7. The molecule has 0 aromatic heterocycles. The lowest BCUT2D eigenvalue weighted by atomic mass is 9.33. The SMILES string of the molecule is C[C@@H]1O[C@H](O[C@H]2[C@H](OC(=O)[C@]34CCC(C)(C)C[C@H]3C3=CC[C@@H]5[C@@]6(C)C[C@H](O)[C@H](O[C@@H]7O[C@H](CO)[C@@H](O)[C@H](O)[C@H]7O)[C@@](C)(C(=O)O)[C@H]6CC[C@@]5(C)[C@]3(CO)CC4)O[C@H](C)[C@H](O)[C@@H]2O)[C@H](O)[C@H](O)[C@H]1O[C@H]1OC[C@@H](O[C@H]2O[C@H](CO)[C@@H](O)[C@H](O)[C@H]2O)[C@H](O)[C@H]1O. The van der Waals surface area contributed by atoms with E-state index < -0.39 is 230 Å². The number of aliphatic hydroxyl groups is 16. The van der Waals surface area contributed by atoms with Gasteiger partial charge in [-0.2, -0.15) is 0 Å². The number of carbonyl (C=O) groups excluding carboxylic acids is 1. The van der Waals surface area contributed by atoms with Crippen LogP contribution < -0.4 is 0 Å². The fourth-order valence-electron chi connectivity index (χ4n) is 17.8. The standard InChI is InChI=1S/C59H94O29/c1-22-32(64)38(70)45(86-48-43(75)39(71)44(23(2)81-48)85-47-40(72)35(67)29(20-79-47)84-49-41(73)36(68)33(65)27(18-60)82-49)51(80-22)88-53(78)58-13-12-54(3,4)16-25(58)24-8-9-30-55(5)17-26(63)46(87-50-42(74)37(69)34(66)28(19-61)83-50)57(7,52(76)77)31(55)10-11-56(30,6)59(24,21-62)15-14-58/h8,22-23,25-51,60-75H,9-21H2,1-7H3,(H,76,77)/t22-,23+,25+,26+,27-,28-,29-,30-,31+,32+,33-,34-,35+,36+,37+,38+,39+,40-,41-,42-,43-,44+,45-,46+,47-,48-,49-,50+,51+,55-,56-,57+,58+,59+/m1/s1. The Labute approximate surface area is 508 Å². The molecule has 17 N–H and O–H groups in total. The van der Waals surface area contributed by atoms with E-state index >= 15 is 4.79 Å². The van der Waals surface area contributed by atoms with Gasteiger partial charge in [-0.15, -0.1) is 0 Å². The fourth-order valence-corrected chi connectivity index (χ4v) is 17.8. The third-order valence-electron chi connectivity index (χ3n) is 23.1. The molecule has 0 spiro atoms. The summed E-state index contributed by atoms with van der Waals surface area (Å²) in [4.78, 5) is 29.3. The maximum Gasteiger partial charge on any atom is 0.315 e. The van der Waals surface area contributed by atoms with Crippen molar-refractivity contribution in [2.24, 2.45) is 50.2 Å². The number of aliphatic hydroxyl groups excluding tert-OH is 16. The van der Waals surface area contributed by atoms with E-state index in [2.05, 4.69) is 26.8 Å². The summed E-state index contributed by atoms with van der Waals surface area (Å²) in [6.07, 6.45) is -38.0. The minimum Gasteiger partial charge on any atom is -0.481 e.